The Kier molecular flexibility index (Phi) is 3.26. The van der Waals surface area contributed by atoms with Gasteiger partial charge in [0.2, 0.25) is 0 Å². The second kappa shape index (κ2) is 4.26. The van der Waals surface area contributed by atoms with Gasteiger partial charge in [-0.3, -0.25) is 4.79 Å². The number of hydrogen-bond acceptors (Lipinski definition) is 3. The van der Waals surface area contributed by atoms with E-state index >= 15 is 0 Å². The number of carbonyl (C=O) groups excluding carboxylic acids is 1. The van der Waals surface area contributed by atoms with E-state index in [1.165, 1.54) is 0 Å². The quantitative estimate of drug-likeness (QED) is 0.560. The number of hydrogen-bond donors (Lipinski definition) is 0. The molecule has 62 valence electrons. The summed E-state index contributed by atoms with van der Waals surface area (Å²) in [4.78, 5) is 11.1. The molecule has 0 bridgehead atoms. The molecule has 3 nitrogen and oxygen atoms in total. The van der Waals surface area contributed by atoms with Crippen molar-refractivity contribution in [3.05, 3.63) is 12.7 Å². The molecule has 0 N–H and O–H groups in total. The molecule has 1 atom stereocenters. The molecule has 1 unspecified atom stereocenters. The van der Waals surface area contributed by atoms with Crippen LogP contribution >= 0.6 is 0 Å². The molecular weight excluding hydrogens is 144 g/mol. The largest absolute Gasteiger partial charge is 0.378 e. The van der Waals surface area contributed by atoms with Crippen LogP contribution in [0.4, 0.5) is 0 Å². The maximum atomic E-state index is 11.1. The zero-order valence-corrected chi connectivity index (χ0v) is 6.41. The fraction of sp³-hybridized carbons (Fsp3) is 0.625. The van der Waals surface area contributed by atoms with Crippen molar-refractivity contribution < 1.29 is 14.3 Å². The summed E-state index contributed by atoms with van der Waals surface area (Å²) in [5.74, 6) is 0.137. The zero-order valence-electron chi connectivity index (χ0n) is 6.41. The summed E-state index contributed by atoms with van der Waals surface area (Å²) >= 11 is 0. The molecule has 1 saturated heterocycles. The van der Waals surface area contributed by atoms with Gasteiger partial charge in [0.15, 0.2) is 5.78 Å². The number of rotatable bonds is 3. The van der Waals surface area contributed by atoms with Crippen LogP contribution in [0.25, 0.3) is 0 Å². The molecule has 11 heavy (non-hydrogen) atoms. The van der Waals surface area contributed by atoms with E-state index in [9.17, 15) is 4.79 Å². The van der Waals surface area contributed by atoms with Gasteiger partial charge in [-0.1, -0.05) is 6.08 Å². The van der Waals surface area contributed by atoms with Crippen LogP contribution < -0.4 is 0 Å². The second-order valence-electron chi connectivity index (χ2n) is 2.40. The molecule has 3 heteroatoms. The van der Waals surface area contributed by atoms with Crippen molar-refractivity contribution in [2.24, 2.45) is 0 Å². The van der Waals surface area contributed by atoms with Gasteiger partial charge < -0.3 is 9.47 Å². The average Bonchev–Trinajstić information content (AvgIpc) is 2.03. The average molecular weight is 156 g/mol. The van der Waals surface area contributed by atoms with E-state index < -0.39 is 0 Å². The lowest BCUT2D eigenvalue weighted by Gasteiger charge is -2.20. The molecule has 0 aromatic carbocycles. The minimum Gasteiger partial charge on any atom is -0.378 e. The van der Waals surface area contributed by atoms with Crippen molar-refractivity contribution in [2.75, 3.05) is 19.8 Å². The maximum absolute atomic E-state index is 11.1. The van der Waals surface area contributed by atoms with Gasteiger partial charge in [0.25, 0.3) is 0 Å². The molecule has 1 fully saturated rings. The minimum absolute atomic E-state index is 0.137. The van der Waals surface area contributed by atoms with Crippen molar-refractivity contribution in [2.45, 2.75) is 12.5 Å². The van der Waals surface area contributed by atoms with Crippen LogP contribution in [-0.4, -0.2) is 31.7 Å². The number of Topliss-reactive ketones (excluding diaryl/α,β-unsaturated/α-hetero) is 1. The first-order valence-electron chi connectivity index (χ1n) is 3.67. The molecule has 0 radical (unpaired) electrons. The van der Waals surface area contributed by atoms with Crippen molar-refractivity contribution in [1.29, 1.82) is 0 Å². The lowest BCUT2D eigenvalue weighted by atomic mass is 10.1. The van der Waals surface area contributed by atoms with E-state index in [0.717, 1.165) is 0 Å². The van der Waals surface area contributed by atoms with Crippen LogP contribution in [0.15, 0.2) is 12.7 Å². The first-order chi connectivity index (χ1) is 5.34. The monoisotopic (exact) mass is 156 g/mol. The van der Waals surface area contributed by atoms with Crippen LogP contribution in [0.1, 0.15) is 6.42 Å². The third-order valence-corrected chi connectivity index (χ3v) is 1.54. The van der Waals surface area contributed by atoms with Gasteiger partial charge in [0.1, 0.15) is 6.10 Å². The SMILES string of the molecule is C=CCOC1COCCC1=O. The van der Waals surface area contributed by atoms with Crippen molar-refractivity contribution in [3.8, 4) is 0 Å². The van der Waals surface area contributed by atoms with Crippen LogP contribution in [0.2, 0.25) is 0 Å². The predicted molar refractivity (Wildman–Crippen MR) is 40.4 cm³/mol. The van der Waals surface area contributed by atoms with E-state index in [-0.39, 0.29) is 11.9 Å². The summed E-state index contributed by atoms with van der Waals surface area (Å²) in [5.41, 5.74) is 0. The Hall–Kier alpha value is -0.670. The van der Waals surface area contributed by atoms with Crippen molar-refractivity contribution in [3.63, 3.8) is 0 Å². The predicted octanol–water partition coefficient (Wildman–Crippen LogP) is 0.547. The van der Waals surface area contributed by atoms with Gasteiger partial charge in [0.05, 0.1) is 19.8 Å². The fourth-order valence-corrected chi connectivity index (χ4v) is 0.942. The van der Waals surface area contributed by atoms with Crippen molar-refractivity contribution in [1.82, 2.24) is 0 Å². The lowest BCUT2D eigenvalue weighted by Crippen LogP contribution is -2.34. The van der Waals surface area contributed by atoms with E-state index in [0.29, 0.717) is 26.2 Å². The molecule has 0 amide bonds. The highest BCUT2D eigenvalue weighted by Crippen LogP contribution is 2.05. The number of ether oxygens (including phenoxy) is 2. The van der Waals surface area contributed by atoms with E-state index in [4.69, 9.17) is 9.47 Å². The molecule has 0 spiro atoms. The Balaban J connectivity index is 2.29. The van der Waals surface area contributed by atoms with E-state index in [2.05, 4.69) is 6.58 Å². The highest BCUT2D eigenvalue weighted by molar-refractivity contribution is 5.83. The van der Waals surface area contributed by atoms with Gasteiger partial charge in [-0.25, -0.2) is 0 Å². The number of carbonyl (C=O) groups is 1. The topological polar surface area (TPSA) is 35.5 Å². The first kappa shape index (κ1) is 8.43. The van der Waals surface area contributed by atoms with Gasteiger partial charge in [-0.2, -0.15) is 0 Å². The van der Waals surface area contributed by atoms with Crippen LogP contribution in [-0.2, 0) is 14.3 Å². The molecule has 1 aliphatic heterocycles. The summed E-state index contributed by atoms with van der Waals surface area (Å²) in [6.45, 7) is 4.84. The molecule has 0 saturated carbocycles. The molecule has 0 aromatic heterocycles. The fourth-order valence-electron chi connectivity index (χ4n) is 0.942. The molecule has 1 aliphatic rings. The van der Waals surface area contributed by atoms with Gasteiger partial charge in [-0.05, 0) is 0 Å². The summed E-state index contributed by atoms with van der Waals surface area (Å²) in [5, 5.41) is 0. The summed E-state index contributed by atoms with van der Waals surface area (Å²) in [6, 6.07) is 0. The first-order valence-corrected chi connectivity index (χ1v) is 3.67. The summed E-state index contributed by atoms with van der Waals surface area (Å²) in [7, 11) is 0. The normalized spacial score (nSPS) is 25.1. The minimum atomic E-state index is -0.359. The summed E-state index contributed by atoms with van der Waals surface area (Å²) < 4.78 is 10.2. The zero-order chi connectivity index (χ0) is 8.10. The second-order valence-corrected chi connectivity index (χ2v) is 2.40. The Morgan fingerprint density at radius 2 is 2.64 bits per heavy atom. The van der Waals surface area contributed by atoms with E-state index in [1.54, 1.807) is 6.08 Å². The summed E-state index contributed by atoms with van der Waals surface area (Å²) in [6.07, 6.45) is 1.74. The number of ketones is 1. The van der Waals surface area contributed by atoms with Gasteiger partial charge in [0, 0.05) is 6.42 Å². The van der Waals surface area contributed by atoms with E-state index in [1.807, 2.05) is 0 Å². The Bertz CT molecular complexity index is 153. The Morgan fingerprint density at radius 1 is 1.82 bits per heavy atom. The highest BCUT2D eigenvalue weighted by Gasteiger charge is 2.22. The lowest BCUT2D eigenvalue weighted by molar-refractivity contribution is -0.141. The maximum Gasteiger partial charge on any atom is 0.166 e. The highest BCUT2D eigenvalue weighted by atomic mass is 16.5. The van der Waals surface area contributed by atoms with Crippen LogP contribution in [0, 0.1) is 0 Å². The molecular formula is C8H12O3. The molecule has 1 rings (SSSR count). The molecule has 0 aliphatic carbocycles. The van der Waals surface area contributed by atoms with Gasteiger partial charge >= 0.3 is 0 Å². The van der Waals surface area contributed by atoms with Crippen LogP contribution in [0.3, 0.4) is 0 Å². The van der Waals surface area contributed by atoms with Crippen LogP contribution in [0.5, 0.6) is 0 Å². The third kappa shape index (κ3) is 2.44. The Morgan fingerprint density at radius 3 is 3.27 bits per heavy atom. The van der Waals surface area contributed by atoms with Gasteiger partial charge in [-0.15, -0.1) is 6.58 Å². The standard InChI is InChI=1S/C8H12O3/c1-2-4-11-8-6-10-5-3-7(8)9/h2,8H,1,3-6H2. The molecule has 0 aromatic rings. The molecule has 1 heterocycles. The smallest absolute Gasteiger partial charge is 0.166 e. The third-order valence-electron chi connectivity index (χ3n) is 1.54. The Labute approximate surface area is 66.0 Å². The van der Waals surface area contributed by atoms with Crippen molar-refractivity contribution >= 4 is 5.78 Å².